The number of hydrogen-bond donors (Lipinski definition) is 1. The summed E-state index contributed by atoms with van der Waals surface area (Å²) in [4.78, 5) is 2.71. The lowest BCUT2D eigenvalue weighted by Gasteiger charge is -2.30. The van der Waals surface area contributed by atoms with E-state index in [1.807, 2.05) is 6.07 Å². The molecule has 0 spiro atoms. The van der Waals surface area contributed by atoms with Gasteiger partial charge in [0, 0.05) is 25.2 Å². The van der Waals surface area contributed by atoms with Gasteiger partial charge in [-0.15, -0.1) is 0 Å². The summed E-state index contributed by atoms with van der Waals surface area (Å²) in [5.74, 6) is 0.956. The normalized spacial score (nSPS) is 28.0. The van der Waals surface area contributed by atoms with E-state index in [1.165, 1.54) is 36.9 Å². The van der Waals surface area contributed by atoms with Gasteiger partial charge in [-0.05, 0) is 49.0 Å². The highest BCUT2D eigenvalue weighted by atomic mass is 16.5. The molecule has 2 atom stereocenters. The fraction of sp³-hybridized carbons (Fsp3) is 0.600. The molecular weight excluding hydrogens is 300 g/mol. The van der Waals surface area contributed by atoms with Crippen molar-refractivity contribution in [2.24, 2.45) is 0 Å². The van der Waals surface area contributed by atoms with Gasteiger partial charge >= 0.3 is 0 Å². The standard InChI is InChI=1S/C20H28N2O2/c1-23-18-6-2-5-16(12-18)20-19(9-10-22(20)17-7-8-17)21-13-15-4-3-11-24-14-15/h2,4-6,12,17,19-21H,3,7-11,13-14H2,1H3/t19-,20+/m1/s1. The van der Waals surface area contributed by atoms with Crippen molar-refractivity contribution in [3.05, 3.63) is 41.5 Å². The first kappa shape index (κ1) is 16.1. The Bertz CT molecular complexity index is 597. The Kier molecular flexibility index (Phi) is 4.88. The predicted molar refractivity (Wildman–Crippen MR) is 95.4 cm³/mol. The summed E-state index contributed by atoms with van der Waals surface area (Å²) in [5, 5.41) is 3.82. The molecular formula is C20H28N2O2. The summed E-state index contributed by atoms with van der Waals surface area (Å²) in [6.07, 6.45) is 7.31. The second-order valence-corrected chi connectivity index (χ2v) is 7.17. The summed E-state index contributed by atoms with van der Waals surface area (Å²) in [5.41, 5.74) is 2.78. The number of methoxy groups -OCH3 is 1. The Morgan fingerprint density at radius 3 is 2.96 bits per heavy atom. The Hall–Kier alpha value is -1.36. The molecule has 0 amide bonds. The lowest BCUT2D eigenvalue weighted by Crippen LogP contribution is -2.38. The van der Waals surface area contributed by atoms with E-state index in [2.05, 4.69) is 34.5 Å². The Morgan fingerprint density at radius 2 is 2.21 bits per heavy atom. The minimum absolute atomic E-state index is 0.456. The molecule has 4 rings (SSSR count). The topological polar surface area (TPSA) is 33.7 Å². The number of nitrogens with one attached hydrogen (secondary N) is 1. The van der Waals surface area contributed by atoms with E-state index in [9.17, 15) is 0 Å². The molecule has 0 aromatic heterocycles. The van der Waals surface area contributed by atoms with Crippen molar-refractivity contribution in [1.82, 2.24) is 10.2 Å². The van der Waals surface area contributed by atoms with E-state index >= 15 is 0 Å². The summed E-state index contributed by atoms with van der Waals surface area (Å²) >= 11 is 0. The quantitative estimate of drug-likeness (QED) is 0.814. The predicted octanol–water partition coefficient (Wildman–Crippen LogP) is 2.91. The smallest absolute Gasteiger partial charge is 0.119 e. The fourth-order valence-corrected chi connectivity index (χ4v) is 4.09. The van der Waals surface area contributed by atoms with Gasteiger partial charge in [0.1, 0.15) is 5.75 Å². The van der Waals surface area contributed by atoms with E-state index in [0.717, 1.165) is 38.0 Å². The van der Waals surface area contributed by atoms with Crippen LogP contribution in [0.25, 0.3) is 0 Å². The van der Waals surface area contributed by atoms with Crippen LogP contribution in [0.2, 0.25) is 0 Å². The first-order valence-electron chi connectivity index (χ1n) is 9.24. The molecule has 1 N–H and O–H groups in total. The zero-order valence-electron chi connectivity index (χ0n) is 14.5. The van der Waals surface area contributed by atoms with Crippen molar-refractivity contribution in [3.8, 4) is 5.75 Å². The van der Waals surface area contributed by atoms with E-state index in [-0.39, 0.29) is 0 Å². The molecule has 3 aliphatic rings. The molecule has 2 aliphatic heterocycles. The maximum absolute atomic E-state index is 5.57. The minimum atomic E-state index is 0.456. The van der Waals surface area contributed by atoms with Gasteiger partial charge in [0.25, 0.3) is 0 Å². The van der Waals surface area contributed by atoms with Crippen molar-refractivity contribution in [3.63, 3.8) is 0 Å². The van der Waals surface area contributed by atoms with Crippen LogP contribution in [0.1, 0.15) is 37.3 Å². The van der Waals surface area contributed by atoms with Gasteiger partial charge in [-0.2, -0.15) is 0 Å². The SMILES string of the molecule is COc1cccc([C@H]2[C@H](NCC3=CCCOC3)CCN2C2CC2)c1. The number of ether oxygens (including phenoxy) is 2. The zero-order chi connectivity index (χ0) is 16.4. The lowest BCUT2D eigenvalue weighted by molar-refractivity contribution is 0.148. The van der Waals surface area contributed by atoms with E-state index in [4.69, 9.17) is 9.47 Å². The molecule has 130 valence electrons. The van der Waals surface area contributed by atoms with Gasteiger partial charge in [-0.3, -0.25) is 4.90 Å². The Morgan fingerprint density at radius 1 is 1.29 bits per heavy atom. The zero-order valence-corrected chi connectivity index (χ0v) is 14.5. The molecule has 0 radical (unpaired) electrons. The van der Waals surface area contributed by atoms with Crippen LogP contribution in [0.5, 0.6) is 5.75 Å². The summed E-state index contributed by atoms with van der Waals surface area (Å²) in [6.45, 7) is 3.80. The van der Waals surface area contributed by atoms with E-state index in [0.29, 0.717) is 12.1 Å². The molecule has 0 bridgehead atoms. The average Bonchev–Trinajstić information content (AvgIpc) is 3.40. The Labute approximate surface area is 144 Å². The van der Waals surface area contributed by atoms with Gasteiger partial charge < -0.3 is 14.8 Å². The lowest BCUT2D eigenvalue weighted by atomic mass is 9.99. The molecule has 2 fully saturated rings. The number of nitrogens with zero attached hydrogens (tertiary/aromatic N) is 1. The van der Waals surface area contributed by atoms with Gasteiger partial charge in [-0.25, -0.2) is 0 Å². The second kappa shape index (κ2) is 7.26. The minimum Gasteiger partial charge on any atom is -0.497 e. The highest BCUT2D eigenvalue weighted by Crippen LogP contribution is 2.41. The molecule has 4 nitrogen and oxygen atoms in total. The second-order valence-electron chi connectivity index (χ2n) is 7.17. The first-order chi connectivity index (χ1) is 11.8. The first-order valence-corrected chi connectivity index (χ1v) is 9.24. The fourth-order valence-electron chi connectivity index (χ4n) is 4.09. The van der Waals surface area contributed by atoms with Gasteiger partial charge in [0.15, 0.2) is 0 Å². The van der Waals surface area contributed by atoms with Crippen LogP contribution >= 0.6 is 0 Å². The monoisotopic (exact) mass is 328 g/mol. The average molecular weight is 328 g/mol. The molecule has 2 heterocycles. The van der Waals surface area contributed by atoms with Crippen LogP contribution in [-0.4, -0.2) is 50.4 Å². The summed E-state index contributed by atoms with van der Waals surface area (Å²) < 4.78 is 11.0. The molecule has 4 heteroatoms. The molecule has 1 aromatic rings. The highest BCUT2D eigenvalue weighted by Gasteiger charge is 2.42. The van der Waals surface area contributed by atoms with E-state index in [1.54, 1.807) is 7.11 Å². The Balaban J connectivity index is 1.50. The summed E-state index contributed by atoms with van der Waals surface area (Å²) in [7, 11) is 1.75. The molecule has 1 aliphatic carbocycles. The van der Waals surface area contributed by atoms with Crippen molar-refractivity contribution in [2.45, 2.75) is 43.8 Å². The molecule has 0 unspecified atom stereocenters. The van der Waals surface area contributed by atoms with Crippen molar-refractivity contribution in [2.75, 3.05) is 33.4 Å². The van der Waals surface area contributed by atoms with Crippen molar-refractivity contribution in [1.29, 1.82) is 0 Å². The highest BCUT2D eigenvalue weighted by molar-refractivity contribution is 5.32. The van der Waals surface area contributed by atoms with Crippen LogP contribution in [0.3, 0.4) is 0 Å². The third-order valence-electron chi connectivity index (χ3n) is 5.46. The maximum atomic E-state index is 5.57. The van der Waals surface area contributed by atoms with Gasteiger partial charge in [0.05, 0.1) is 26.4 Å². The number of likely N-dealkylation sites (tertiary alicyclic amines) is 1. The largest absolute Gasteiger partial charge is 0.497 e. The number of hydrogen-bond acceptors (Lipinski definition) is 4. The number of rotatable bonds is 6. The third kappa shape index (κ3) is 3.51. The third-order valence-corrected chi connectivity index (χ3v) is 5.46. The van der Waals surface area contributed by atoms with Crippen molar-refractivity contribution >= 4 is 0 Å². The van der Waals surface area contributed by atoms with Crippen LogP contribution in [0, 0.1) is 0 Å². The summed E-state index contributed by atoms with van der Waals surface area (Å²) in [6, 6.07) is 10.4. The van der Waals surface area contributed by atoms with Crippen LogP contribution < -0.4 is 10.1 Å². The van der Waals surface area contributed by atoms with E-state index < -0.39 is 0 Å². The van der Waals surface area contributed by atoms with Gasteiger partial charge in [0.2, 0.25) is 0 Å². The van der Waals surface area contributed by atoms with Crippen LogP contribution in [-0.2, 0) is 4.74 Å². The molecule has 1 aromatic carbocycles. The van der Waals surface area contributed by atoms with Crippen molar-refractivity contribution < 1.29 is 9.47 Å². The number of benzene rings is 1. The van der Waals surface area contributed by atoms with Crippen LogP contribution in [0.4, 0.5) is 0 Å². The maximum Gasteiger partial charge on any atom is 0.119 e. The molecule has 1 saturated heterocycles. The van der Waals surface area contributed by atoms with Crippen LogP contribution in [0.15, 0.2) is 35.9 Å². The molecule has 24 heavy (non-hydrogen) atoms. The van der Waals surface area contributed by atoms with Gasteiger partial charge in [-0.1, -0.05) is 18.2 Å². The molecule has 1 saturated carbocycles.